The van der Waals surface area contributed by atoms with Crippen LogP contribution in [0.3, 0.4) is 0 Å². The van der Waals surface area contributed by atoms with E-state index in [9.17, 15) is 4.79 Å². The third-order valence-corrected chi connectivity index (χ3v) is 5.22. The Morgan fingerprint density at radius 2 is 1.91 bits per heavy atom. The molecule has 1 aliphatic heterocycles. The number of likely N-dealkylation sites (tertiary alicyclic amines) is 1. The molecule has 6 nitrogen and oxygen atoms in total. The highest BCUT2D eigenvalue weighted by Gasteiger charge is 2.36. The van der Waals surface area contributed by atoms with Crippen LogP contribution in [-0.4, -0.2) is 63.7 Å². The number of carbonyl (C=O) groups excluding carboxylic acids is 1. The Hall–Kier alpha value is -1.30. The van der Waals surface area contributed by atoms with Gasteiger partial charge in [0.2, 0.25) is 5.91 Å². The monoisotopic (exact) mass is 324 g/mol. The maximum Gasteiger partial charge on any atom is 0.241 e. The number of hydrogen-bond donors (Lipinski definition) is 2. The quantitative estimate of drug-likeness (QED) is 0.548. The first-order chi connectivity index (χ1) is 11.2. The molecular weight excluding hydrogens is 292 g/mol. The van der Waals surface area contributed by atoms with E-state index in [1.54, 1.807) is 14.2 Å². The predicted octanol–water partition coefficient (Wildman–Crippen LogP) is 1.37. The number of amides is 1. The molecule has 0 aromatic heterocycles. The van der Waals surface area contributed by atoms with Gasteiger partial charge in [-0.05, 0) is 43.9 Å². The number of rotatable bonds is 7. The lowest BCUT2D eigenvalue weighted by molar-refractivity contribution is -0.130. The summed E-state index contributed by atoms with van der Waals surface area (Å²) in [6.07, 6.45) is 8.36. The van der Waals surface area contributed by atoms with E-state index >= 15 is 0 Å². The van der Waals surface area contributed by atoms with Crippen molar-refractivity contribution in [1.29, 1.82) is 0 Å². The normalized spacial score (nSPS) is 20.8. The number of methoxy groups -OCH3 is 1. The zero-order chi connectivity index (χ0) is 16.5. The fourth-order valence-corrected chi connectivity index (χ4v) is 3.42. The van der Waals surface area contributed by atoms with Crippen molar-refractivity contribution in [3.05, 3.63) is 0 Å². The Balaban J connectivity index is 1.71. The SMILES string of the molecule is CN=C(NCC(=O)N1CCCCC1)NCC1(CCOC)CCC1. The molecule has 0 atom stereocenters. The minimum atomic E-state index is 0.172. The largest absolute Gasteiger partial charge is 0.385 e. The molecule has 1 saturated heterocycles. The van der Waals surface area contributed by atoms with Gasteiger partial charge in [0.15, 0.2) is 5.96 Å². The van der Waals surface area contributed by atoms with Crippen LogP contribution in [0.4, 0.5) is 0 Å². The molecule has 0 aromatic rings. The molecule has 132 valence electrons. The second-order valence-corrected chi connectivity index (χ2v) is 6.82. The number of ether oxygens (including phenoxy) is 1. The Bertz CT molecular complexity index is 401. The van der Waals surface area contributed by atoms with Crippen molar-refractivity contribution in [3.63, 3.8) is 0 Å². The summed E-state index contributed by atoms with van der Waals surface area (Å²) in [7, 11) is 3.51. The van der Waals surface area contributed by atoms with Crippen LogP contribution in [0.2, 0.25) is 0 Å². The summed E-state index contributed by atoms with van der Waals surface area (Å²) in [5.41, 5.74) is 0.338. The fourth-order valence-electron chi connectivity index (χ4n) is 3.42. The van der Waals surface area contributed by atoms with E-state index in [-0.39, 0.29) is 5.91 Å². The minimum Gasteiger partial charge on any atom is -0.385 e. The number of hydrogen-bond acceptors (Lipinski definition) is 3. The van der Waals surface area contributed by atoms with Crippen molar-refractivity contribution in [2.24, 2.45) is 10.4 Å². The Morgan fingerprint density at radius 3 is 2.48 bits per heavy atom. The lowest BCUT2D eigenvalue weighted by atomic mass is 9.67. The number of guanidine groups is 1. The van der Waals surface area contributed by atoms with Gasteiger partial charge in [0.25, 0.3) is 0 Å². The van der Waals surface area contributed by atoms with Crippen molar-refractivity contribution in [1.82, 2.24) is 15.5 Å². The molecule has 6 heteroatoms. The van der Waals surface area contributed by atoms with Crippen LogP contribution < -0.4 is 10.6 Å². The average molecular weight is 324 g/mol. The van der Waals surface area contributed by atoms with Crippen LogP contribution in [-0.2, 0) is 9.53 Å². The fraction of sp³-hybridized carbons (Fsp3) is 0.882. The molecule has 0 unspecified atom stereocenters. The lowest BCUT2D eigenvalue weighted by Gasteiger charge is -2.42. The van der Waals surface area contributed by atoms with Gasteiger partial charge in [0.05, 0.1) is 6.54 Å². The maximum absolute atomic E-state index is 12.2. The molecular formula is C17H32N4O2. The van der Waals surface area contributed by atoms with Crippen LogP contribution in [0, 0.1) is 5.41 Å². The van der Waals surface area contributed by atoms with Gasteiger partial charge in [-0.2, -0.15) is 0 Å². The Kier molecular flexibility index (Phi) is 7.15. The van der Waals surface area contributed by atoms with Crippen molar-refractivity contribution < 1.29 is 9.53 Å². The minimum absolute atomic E-state index is 0.172. The summed E-state index contributed by atoms with van der Waals surface area (Å²) in [5.74, 6) is 0.893. The summed E-state index contributed by atoms with van der Waals surface area (Å²) >= 11 is 0. The van der Waals surface area contributed by atoms with Gasteiger partial charge in [-0.15, -0.1) is 0 Å². The number of nitrogens with zero attached hydrogens (tertiary/aromatic N) is 2. The first-order valence-electron chi connectivity index (χ1n) is 8.90. The molecule has 2 fully saturated rings. The van der Waals surface area contributed by atoms with Gasteiger partial charge < -0.3 is 20.3 Å². The molecule has 2 aliphatic rings. The summed E-state index contributed by atoms with van der Waals surface area (Å²) < 4.78 is 5.23. The topological polar surface area (TPSA) is 66.0 Å². The lowest BCUT2D eigenvalue weighted by Crippen LogP contribution is -2.49. The highest BCUT2D eigenvalue weighted by atomic mass is 16.5. The van der Waals surface area contributed by atoms with Crippen molar-refractivity contribution >= 4 is 11.9 Å². The van der Waals surface area contributed by atoms with Crippen LogP contribution in [0.1, 0.15) is 44.9 Å². The smallest absolute Gasteiger partial charge is 0.241 e. The molecule has 1 amide bonds. The molecule has 0 spiro atoms. The number of aliphatic imine (C=N–C) groups is 1. The van der Waals surface area contributed by atoms with Crippen molar-refractivity contribution in [3.8, 4) is 0 Å². The second kappa shape index (κ2) is 9.11. The highest BCUT2D eigenvalue weighted by Crippen LogP contribution is 2.43. The van der Waals surface area contributed by atoms with Gasteiger partial charge in [-0.25, -0.2) is 0 Å². The van der Waals surface area contributed by atoms with E-state index in [1.807, 2.05) is 4.90 Å². The van der Waals surface area contributed by atoms with Crippen LogP contribution in [0.15, 0.2) is 4.99 Å². The second-order valence-electron chi connectivity index (χ2n) is 6.82. The molecule has 1 heterocycles. The predicted molar refractivity (Wildman–Crippen MR) is 92.6 cm³/mol. The van der Waals surface area contributed by atoms with E-state index in [0.717, 1.165) is 51.5 Å². The zero-order valence-corrected chi connectivity index (χ0v) is 14.7. The third-order valence-electron chi connectivity index (χ3n) is 5.22. The molecule has 1 aliphatic carbocycles. The number of piperidine rings is 1. The van der Waals surface area contributed by atoms with E-state index in [2.05, 4.69) is 15.6 Å². The standard InChI is InChI=1S/C17H32N4O2/c1-18-16(19-13-15(22)21-10-4-3-5-11-21)20-14-17(7-6-8-17)9-12-23-2/h3-14H2,1-2H3,(H2,18,19,20). The van der Waals surface area contributed by atoms with Gasteiger partial charge in [-0.3, -0.25) is 9.79 Å². The Labute approximate surface area is 140 Å². The van der Waals surface area contributed by atoms with E-state index in [4.69, 9.17) is 4.74 Å². The number of nitrogens with one attached hydrogen (secondary N) is 2. The first-order valence-corrected chi connectivity index (χ1v) is 8.90. The van der Waals surface area contributed by atoms with E-state index in [0.29, 0.717) is 12.0 Å². The molecule has 23 heavy (non-hydrogen) atoms. The molecule has 0 radical (unpaired) electrons. The molecule has 0 aromatic carbocycles. The molecule has 1 saturated carbocycles. The summed E-state index contributed by atoms with van der Waals surface area (Å²) in [6.45, 7) is 3.82. The van der Waals surface area contributed by atoms with E-state index in [1.165, 1.54) is 25.7 Å². The van der Waals surface area contributed by atoms with Crippen LogP contribution >= 0.6 is 0 Å². The van der Waals surface area contributed by atoms with Gasteiger partial charge in [0.1, 0.15) is 0 Å². The summed E-state index contributed by atoms with van der Waals surface area (Å²) in [4.78, 5) is 18.4. The van der Waals surface area contributed by atoms with Crippen LogP contribution in [0.25, 0.3) is 0 Å². The molecule has 2 rings (SSSR count). The average Bonchev–Trinajstić information content (AvgIpc) is 2.56. The van der Waals surface area contributed by atoms with Gasteiger partial charge in [0, 0.05) is 40.4 Å². The van der Waals surface area contributed by atoms with Crippen molar-refractivity contribution in [2.45, 2.75) is 44.9 Å². The Morgan fingerprint density at radius 1 is 1.17 bits per heavy atom. The highest BCUT2D eigenvalue weighted by molar-refractivity contribution is 5.86. The maximum atomic E-state index is 12.2. The third kappa shape index (κ3) is 5.37. The van der Waals surface area contributed by atoms with Crippen LogP contribution in [0.5, 0.6) is 0 Å². The first kappa shape index (κ1) is 18.0. The van der Waals surface area contributed by atoms with Gasteiger partial charge >= 0.3 is 0 Å². The molecule has 0 bridgehead atoms. The van der Waals surface area contributed by atoms with Crippen molar-refractivity contribution in [2.75, 3.05) is 46.9 Å². The van der Waals surface area contributed by atoms with E-state index < -0.39 is 0 Å². The van der Waals surface area contributed by atoms with Gasteiger partial charge in [-0.1, -0.05) is 6.42 Å². The number of carbonyl (C=O) groups is 1. The zero-order valence-electron chi connectivity index (χ0n) is 14.7. The molecule has 2 N–H and O–H groups in total. The summed E-state index contributed by atoms with van der Waals surface area (Å²) in [6, 6.07) is 0. The summed E-state index contributed by atoms with van der Waals surface area (Å²) in [5, 5.41) is 6.55.